The van der Waals surface area contributed by atoms with E-state index in [1.165, 1.54) is 0 Å². The van der Waals surface area contributed by atoms with Crippen molar-refractivity contribution >= 4 is 11.9 Å². The number of carbonyl (C=O) groups excluding carboxylic acids is 1. The molecule has 2 aromatic carbocycles. The average molecular weight is 297 g/mol. The third-order valence-corrected chi connectivity index (χ3v) is 3.74. The zero-order valence-electron chi connectivity index (χ0n) is 12.7. The zero-order valence-corrected chi connectivity index (χ0v) is 12.7. The topological polar surface area (TPSA) is 66.4 Å². The first kappa shape index (κ1) is 15.8. The summed E-state index contributed by atoms with van der Waals surface area (Å²) in [6.45, 7) is 3.78. The van der Waals surface area contributed by atoms with Crippen LogP contribution in [-0.4, -0.2) is 23.0 Å². The van der Waals surface area contributed by atoms with Crippen LogP contribution in [0.3, 0.4) is 0 Å². The van der Waals surface area contributed by atoms with Gasteiger partial charge in [0.15, 0.2) is 0 Å². The summed E-state index contributed by atoms with van der Waals surface area (Å²) >= 11 is 0. The Morgan fingerprint density at radius 3 is 2.36 bits per heavy atom. The SMILES string of the molecule is Cc1cccc(C(=O)N[C@H](Cc2ccccc2)C(=O)O)c1C. The van der Waals surface area contributed by atoms with Crippen LogP contribution in [0, 0.1) is 13.8 Å². The van der Waals surface area contributed by atoms with Crippen molar-refractivity contribution in [1.82, 2.24) is 5.32 Å². The number of aliphatic carboxylic acids is 1. The van der Waals surface area contributed by atoms with Gasteiger partial charge in [0.2, 0.25) is 0 Å². The second-order valence-electron chi connectivity index (χ2n) is 5.30. The number of hydrogen-bond acceptors (Lipinski definition) is 2. The third-order valence-electron chi connectivity index (χ3n) is 3.74. The molecule has 22 heavy (non-hydrogen) atoms. The molecule has 0 unspecified atom stereocenters. The van der Waals surface area contributed by atoms with E-state index in [0.717, 1.165) is 16.7 Å². The monoisotopic (exact) mass is 297 g/mol. The molecule has 4 heteroatoms. The fraction of sp³-hybridized carbons (Fsp3) is 0.222. The van der Waals surface area contributed by atoms with Crippen LogP contribution in [0.1, 0.15) is 27.0 Å². The second-order valence-corrected chi connectivity index (χ2v) is 5.30. The van der Waals surface area contributed by atoms with Gasteiger partial charge in [-0.05, 0) is 36.6 Å². The molecule has 0 fully saturated rings. The summed E-state index contributed by atoms with van der Waals surface area (Å²) in [6, 6.07) is 13.7. The molecule has 0 bridgehead atoms. The number of benzene rings is 2. The van der Waals surface area contributed by atoms with Crippen LogP contribution in [-0.2, 0) is 11.2 Å². The molecule has 0 aliphatic rings. The quantitative estimate of drug-likeness (QED) is 0.891. The number of carboxylic acid groups (broad SMARTS) is 1. The van der Waals surface area contributed by atoms with E-state index < -0.39 is 12.0 Å². The fourth-order valence-electron chi connectivity index (χ4n) is 2.28. The fourth-order valence-corrected chi connectivity index (χ4v) is 2.28. The van der Waals surface area contributed by atoms with Crippen molar-refractivity contribution in [1.29, 1.82) is 0 Å². The minimum absolute atomic E-state index is 0.257. The van der Waals surface area contributed by atoms with Crippen LogP contribution in [0.5, 0.6) is 0 Å². The van der Waals surface area contributed by atoms with E-state index in [-0.39, 0.29) is 12.3 Å². The maximum atomic E-state index is 12.3. The summed E-state index contributed by atoms with van der Waals surface area (Å²) in [6.07, 6.45) is 0.257. The van der Waals surface area contributed by atoms with Gasteiger partial charge in [0.25, 0.3) is 5.91 Å². The number of carboxylic acids is 1. The Kier molecular flexibility index (Phi) is 4.94. The van der Waals surface area contributed by atoms with Crippen molar-refractivity contribution in [2.24, 2.45) is 0 Å². The normalized spacial score (nSPS) is 11.7. The van der Waals surface area contributed by atoms with Crippen molar-refractivity contribution in [2.45, 2.75) is 26.3 Å². The summed E-state index contributed by atoms with van der Waals surface area (Å²) in [4.78, 5) is 23.8. The van der Waals surface area contributed by atoms with Crippen LogP contribution in [0.2, 0.25) is 0 Å². The lowest BCUT2D eigenvalue weighted by Crippen LogP contribution is -2.42. The summed E-state index contributed by atoms with van der Waals surface area (Å²) in [7, 11) is 0. The molecule has 0 saturated heterocycles. The van der Waals surface area contributed by atoms with Gasteiger partial charge in [-0.2, -0.15) is 0 Å². The summed E-state index contributed by atoms with van der Waals surface area (Å²) in [5.74, 6) is -1.40. The van der Waals surface area contributed by atoms with Gasteiger partial charge in [0.05, 0.1) is 0 Å². The Morgan fingerprint density at radius 2 is 1.73 bits per heavy atom. The van der Waals surface area contributed by atoms with Crippen LogP contribution in [0.25, 0.3) is 0 Å². The van der Waals surface area contributed by atoms with E-state index in [1.807, 2.05) is 50.2 Å². The Balaban J connectivity index is 2.16. The second kappa shape index (κ2) is 6.89. The highest BCUT2D eigenvalue weighted by atomic mass is 16.4. The van der Waals surface area contributed by atoms with Gasteiger partial charge in [-0.3, -0.25) is 4.79 Å². The molecule has 1 amide bonds. The lowest BCUT2D eigenvalue weighted by Gasteiger charge is -2.16. The van der Waals surface area contributed by atoms with E-state index in [1.54, 1.807) is 12.1 Å². The van der Waals surface area contributed by atoms with Gasteiger partial charge in [-0.15, -0.1) is 0 Å². The van der Waals surface area contributed by atoms with E-state index in [9.17, 15) is 14.7 Å². The van der Waals surface area contributed by atoms with Gasteiger partial charge in [-0.25, -0.2) is 4.79 Å². The number of carbonyl (C=O) groups is 2. The van der Waals surface area contributed by atoms with Crippen molar-refractivity contribution in [3.63, 3.8) is 0 Å². The Hall–Kier alpha value is -2.62. The molecular formula is C18H19NO3. The molecule has 0 radical (unpaired) electrons. The molecular weight excluding hydrogens is 278 g/mol. The first-order valence-electron chi connectivity index (χ1n) is 7.13. The number of nitrogens with one attached hydrogen (secondary N) is 1. The first-order chi connectivity index (χ1) is 10.5. The summed E-state index contributed by atoms with van der Waals surface area (Å²) in [5, 5.41) is 12.0. The highest BCUT2D eigenvalue weighted by Gasteiger charge is 2.22. The standard InChI is InChI=1S/C18H19NO3/c1-12-7-6-10-15(13(12)2)17(20)19-16(18(21)22)11-14-8-4-3-5-9-14/h3-10,16H,11H2,1-2H3,(H,19,20)(H,21,22)/t16-/m1/s1. The van der Waals surface area contributed by atoms with Gasteiger partial charge in [-0.1, -0.05) is 42.5 Å². The molecule has 0 aliphatic heterocycles. The van der Waals surface area contributed by atoms with Crippen LogP contribution < -0.4 is 5.32 Å². The minimum Gasteiger partial charge on any atom is -0.480 e. The Morgan fingerprint density at radius 1 is 1.05 bits per heavy atom. The van der Waals surface area contributed by atoms with E-state index in [2.05, 4.69) is 5.32 Å². The van der Waals surface area contributed by atoms with Crippen molar-refractivity contribution < 1.29 is 14.7 Å². The van der Waals surface area contributed by atoms with Gasteiger partial charge < -0.3 is 10.4 Å². The summed E-state index contributed by atoms with van der Waals surface area (Å²) in [5.41, 5.74) is 3.25. The minimum atomic E-state index is -1.04. The maximum absolute atomic E-state index is 12.3. The summed E-state index contributed by atoms with van der Waals surface area (Å²) < 4.78 is 0. The maximum Gasteiger partial charge on any atom is 0.326 e. The number of rotatable bonds is 5. The molecule has 114 valence electrons. The third kappa shape index (κ3) is 3.73. The molecule has 2 rings (SSSR count). The molecule has 0 aliphatic carbocycles. The van der Waals surface area contributed by atoms with Crippen LogP contribution >= 0.6 is 0 Å². The lowest BCUT2D eigenvalue weighted by atomic mass is 10.0. The van der Waals surface area contributed by atoms with E-state index >= 15 is 0 Å². The van der Waals surface area contributed by atoms with E-state index in [4.69, 9.17) is 0 Å². The van der Waals surface area contributed by atoms with Crippen molar-refractivity contribution in [2.75, 3.05) is 0 Å². The lowest BCUT2D eigenvalue weighted by molar-refractivity contribution is -0.139. The first-order valence-corrected chi connectivity index (χ1v) is 7.13. The highest BCUT2D eigenvalue weighted by molar-refractivity contribution is 5.98. The highest BCUT2D eigenvalue weighted by Crippen LogP contribution is 2.13. The van der Waals surface area contributed by atoms with Gasteiger partial charge >= 0.3 is 5.97 Å². The van der Waals surface area contributed by atoms with Gasteiger partial charge in [0, 0.05) is 12.0 Å². The molecule has 0 heterocycles. The average Bonchev–Trinajstić information content (AvgIpc) is 2.50. The molecule has 0 spiro atoms. The van der Waals surface area contributed by atoms with Crippen LogP contribution in [0.15, 0.2) is 48.5 Å². The van der Waals surface area contributed by atoms with E-state index in [0.29, 0.717) is 5.56 Å². The van der Waals surface area contributed by atoms with Crippen molar-refractivity contribution in [3.8, 4) is 0 Å². The largest absolute Gasteiger partial charge is 0.480 e. The molecule has 2 aromatic rings. The van der Waals surface area contributed by atoms with Gasteiger partial charge in [0.1, 0.15) is 6.04 Å². The Labute approximate surface area is 129 Å². The molecule has 2 N–H and O–H groups in total. The smallest absolute Gasteiger partial charge is 0.326 e. The molecule has 1 atom stereocenters. The zero-order chi connectivity index (χ0) is 16.1. The molecule has 0 aromatic heterocycles. The number of amides is 1. The number of aryl methyl sites for hydroxylation is 1. The predicted molar refractivity (Wildman–Crippen MR) is 85.0 cm³/mol. The Bertz CT molecular complexity index is 680. The predicted octanol–water partition coefficient (Wildman–Crippen LogP) is 2.73. The van der Waals surface area contributed by atoms with Crippen LogP contribution in [0.4, 0.5) is 0 Å². The van der Waals surface area contributed by atoms with Crippen molar-refractivity contribution in [3.05, 3.63) is 70.8 Å². The number of hydrogen-bond donors (Lipinski definition) is 2. The molecule has 0 saturated carbocycles. The molecule has 4 nitrogen and oxygen atoms in total.